The van der Waals surface area contributed by atoms with E-state index in [1.54, 1.807) is 18.3 Å². The summed E-state index contributed by atoms with van der Waals surface area (Å²) in [5.41, 5.74) is 7.99. The lowest BCUT2D eigenvalue weighted by Gasteiger charge is -2.26. The number of rotatable bonds is 5. The van der Waals surface area contributed by atoms with E-state index in [2.05, 4.69) is 73.4 Å². The second-order valence-electron chi connectivity index (χ2n) is 9.69. The Kier molecular flexibility index (Phi) is 5.57. The van der Waals surface area contributed by atoms with Crippen molar-refractivity contribution in [3.63, 3.8) is 0 Å². The van der Waals surface area contributed by atoms with Gasteiger partial charge in [0.25, 0.3) is 0 Å². The molecule has 0 fully saturated rings. The first-order valence-electron chi connectivity index (χ1n) is 12.3. The van der Waals surface area contributed by atoms with Gasteiger partial charge in [0.2, 0.25) is 5.89 Å². The van der Waals surface area contributed by atoms with Gasteiger partial charge in [-0.3, -0.25) is 4.98 Å². The van der Waals surface area contributed by atoms with Gasteiger partial charge in [-0.05, 0) is 59.2 Å². The number of pyridine rings is 1. The van der Waals surface area contributed by atoms with Crippen molar-refractivity contribution in [2.45, 2.75) is 19.3 Å². The molecule has 0 saturated carbocycles. The fraction of sp³-hybridized carbons (Fsp3) is 0.0909. The van der Waals surface area contributed by atoms with Crippen LogP contribution >= 0.6 is 0 Å². The summed E-state index contributed by atoms with van der Waals surface area (Å²) in [5.74, 6) is 0.530. The summed E-state index contributed by atoms with van der Waals surface area (Å²) >= 11 is 0. The van der Waals surface area contributed by atoms with E-state index >= 15 is 0 Å². The number of oxazole rings is 1. The number of para-hydroxylation sites is 1. The van der Waals surface area contributed by atoms with E-state index in [0.717, 1.165) is 33.5 Å². The number of benzene rings is 4. The molecule has 4 nitrogen and oxygen atoms in total. The molecule has 0 aliphatic rings. The number of phenols is 1. The van der Waals surface area contributed by atoms with Crippen LogP contribution in [0.25, 0.3) is 44.9 Å². The molecule has 2 heterocycles. The van der Waals surface area contributed by atoms with Gasteiger partial charge < -0.3 is 9.52 Å². The van der Waals surface area contributed by atoms with E-state index in [4.69, 9.17) is 9.40 Å². The molecule has 37 heavy (non-hydrogen) atoms. The molecule has 0 radical (unpaired) electrons. The summed E-state index contributed by atoms with van der Waals surface area (Å²) < 4.78 is 6.30. The number of phenolic OH excluding ortho intramolecular Hbond substituents is 1. The maximum Gasteiger partial charge on any atom is 0.231 e. The highest BCUT2D eigenvalue weighted by Gasteiger charge is 2.26. The molecule has 0 atom stereocenters. The van der Waals surface area contributed by atoms with Crippen molar-refractivity contribution in [2.24, 2.45) is 0 Å². The molecule has 4 aromatic carbocycles. The molecule has 180 valence electrons. The van der Waals surface area contributed by atoms with Crippen LogP contribution in [0.1, 0.15) is 25.0 Å². The van der Waals surface area contributed by atoms with Crippen molar-refractivity contribution in [2.75, 3.05) is 0 Å². The second kappa shape index (κ2) is 9.07. The van der Waals surface area contributed by atoms with Crippen molar-refractivity contribution >= 4 is 11.1 Å². The van der Waals surface area contributed by atoms with E-state index in [1.807, 2.05) is 42.5 Å². The van der Waals surface area contributed by atoms with Gasteiger partial charge in [-0.15, -0.1) is 0 Å². The van der Waals surface area contributed by atoms with Crippen LogP contribution in [0.5, 0.6) is 5.75 Å². The van der Waals surface area contributed by atoms with Gasteiger partial charge >= 0.3 is 0 Å². The van der Waals surface area contributed by atoms with E-state index in [9.17, 15) is 5.11 Å². The normalized spacial score (nSPS) is 11.6. The van der Waals surface area contributed by atoms with Crippen LogP contribution in [0, 0.1) is 0 Å². The van der Waals surface area contributed by atoms with Gasteiger partial charge in [-0.25, -0.2) is 4.98 Å². The highest BCUT2D eigenvalue weighted by atomic mass is 16.3. The van der Waals surface area contributed by atoms with Crippen molar-refractivity contribution in [1.29, 1.82) is 0 Å². The monoisotopic (exact) mass is 482 g/mol. The van der Waals surface area contributed by atoms with Gasteiger partial charge in [0.15, 0.2) is 5.58 Å². The first-order valence-corrected chi connectivity index (χ1v) is 12.3. The van der Waals surface area contributed by atoms with E-state index in [1.165, 1.54) is 5.56 Å². The molecule has 0 spiro atoms. The van der Waals surface area contributed by atoms with Crippen molar-refractivity contribution < 1.29 is 9.52 Å². The van der Waals surface area contributed by atoms with Gasteiger partial charge in [-0.1, -0.05) is 80.6 Å². The lowest BCUT2D eigenvalue weighted by molar-refractivity contribution is 0.474. The highest BCUT2D eigenvalue weighted by molar-refractivity contribution is 5.94. The molecule has 4 heteroatoms. The zero-order valence-corrected chi connectivity index (χ0v) is 20.7. The third kappa shape index (κ3) is 4.17. The molecule has 6 rings (SSSR count). The number of hydrogen-bond donors (Lipinski definition) is 1. The minimum Gasteiger partial charge on any atom is -0.507 e. The lowest BCUT2D eigenvalue weighted by atomic mass is 9.77. The number of aromatic hydroxyl groups is 1. The first-order chi connectivity index (χ1) is 18.0. The van der Waals surface area contributed by atoms with E-state index < -0.39 is 0 Å². The van der Waals surface area contributed by atoms with Crippen LogP contribution < -0.4 is 0 Å². The molecule has 1 N–H and O–H groups in total. The predicted molar refractivity (Wildman–Crippen MR) is 148 cm³/mol. The zero-order chi connectivity index (χ0) is 25.4. The Morgan fingerprint density at radius 2 is 1.43 bits per heavy atom. The summed E-state index contributed by atoms with van der Waals surface area (Å²) in [5, 5.41) is 10.5. The quantitative estimate of drug-likeness (QED) is 0.269. The number of aromatic nitrogens is 2. The van der Waals surface area contributed by atoms with Crippen molar-refractivity contribution in [3.8, 4) is 39.6 Å². The van der Waals surface area contributed by atoms with E-state index in [-0.39, 0.29) is 11.2 Å². The van der Waals surface area contributed by atoms with Crippen LogP contribution in [-0.4, -0.2) is 15.1 Å². The summed E-state index contributed by atoms with van der Waals surface area (Å²) in [6, 6.07) is 36.1. The fourth-order valence-electron chi connectivity index (χ4n) is 4.78. The number of hydrogen-bond acceptors (Lipinski definition) is 4. The number of nitrogens with zero attached hydrogens (tertiary/aromatic N) is 2. The lowest BCUT2D eigenvalue weighted by Crippen LogP contribution is -2.18. The third-order valence-corrected chi connectivity index (χ3v) is 6.98. The second-order valence-corrected chi connectivity index (χ2v) is 9.69. The predicted octanol–water partition coefficient (Wildman–Crippen LogP) is 8.26. The van der Waals surface area contributed by atoms with Crippen LogP contribution in [0.2, 0.25) is 0 Å². The maximum absolute atomic E-state index is 10.5. The molecule has 6 aromatic rings. The fourth-order valence-corrected chi connectivity index (χ4v) is 4.78. The Hall–Kier alpha value is -4.70. The van der Waals surface area contributed by atoms with E-state index in [0.29, 0.717) is 17.0 Å². The Morgan fingerprint density at radius 3 is 2.22 bits per heavy atom. The third-order valence-electron chi connectivity index (χ3n) is 6.98. The molecular weight excluding hydrogens is 456 g/mol. The van der Waals surface area contributed by atoms with Crippen LogP contribution in [0.4, 0.5) is 0 Å². The molecule has 0 amide bonds. The summed E-state index contributed by atoms with van der Waals surface area (Å²) in [6.07, 6.45) is 1.81. The molecular formula is C33H26N2O2. The van der Waals surface area contributed by atoms with Crippen LogP contribution in [-0.2, 0) is 5.41 Å². The minimum atomic E-state index is -0.273. The molecule has 0 saturated heterocycles. The molecule has 0 aliphatic heterocycles. The Morgan fingerprint density at radius 1 is 0.676 bits per heavy atom. The topological polar surface area (TPSA) is 59.2 Å². The maximum atomic E-state index is 10.5. The van der Waals surface area contributed by atoms with Gasteiger partial charge in [0.1, 0.15) is 11.3 Å². The highest BCUT2D eigenvalue weighted by Crippen LogP contribution is 2.40. The molecule has 0 bridgehead atoms. The van der Waals surface area contributed by atoms with Crippen molar-refractivity contribution in [3.05, 3.63) is 127 Å². The standard InChI is InChI=1S/C33H26N2O2/c1-33(2,24-13-4-3-5-14-24)25-20-27(22-11-10-12-23(19-22)28-16-8-9-18-34-28)31-30(21-25)37-32(35-31)26-15-6-7-17-29(26)36/h3-21,36H,1-2H3. The minimum absolute atomic E-state index is 0.137. The SMILES string of the molecule is CC(C)(c1ccccc1)c1cc(-c2cccc(-c3ccccn3)c2)c2nc(-c3ccccc3O)oc2c1. The Labute approximate surface area is 215 Å². The Bertz CT molecular complexity index is 1700. The summed E-state index contributed by atoms with van der Waals surface area (Å²) in [4.78, 5) is 9.41. The van der Waals surface area contributed by atoms with Crippen LogP contribution in [0.15, 0.2) is 120 Å². The number of fused-ring (bicyclic) bond motifs is 1. The van der Waals surface area contributed by atoms with Gasteiger partial charge in [-0.2, -0.15) is 0 Å². The zero-order valence-electron chi connectivity index (χ0n) is 20.7. The average Bonchev–Trinajstić information content (AvgIpc) is 3.38. The Balaban J connectivity index is 1.59. The largest absolute Gasteiger partial charge is 0.507 e. The molecule has 2 aromatic heterocycles. The first kappa shape index (κ1) is 22.7. The van der Waals surface area contributed by atoms with Gasteiger partial charge in [0, 0.05) is 22.7 Å². The van der Waals surface area contributed by atoms with Gasteiger partial charge in [0.05, 0.1) is 11.3 Å². The average molecular weight is 483 g/mol. The van der Waals surface area contributed by atoms with Crippen molar-refractivity contribution in [1.82, 2.24) is 9.97 Å². The van der Waals surface area contributed by atoms with Crippen LogP contribution in [0.3, 0.4) is 0 Å². The summed E-state index contributed by atoms with van der Waals surface area (Å²) in [7, 11) is 0. The smallest absolute Gasteiger partial charge is 0.231 e. The molecule has 0 unspecified atom stereocenters. The molecule has 0 aliphatic carbocycles. The summed E-state index contributed by atoms with van der Waals surface area (Å²) in [6.45, 7) is 4.44.